The lowest BCUT2D eigenvalue weighted by Gasteiger charge is -2.31. The van der Waals surface area contributed by atoms with Gasteiger partial charge in [-0.05, 0) is 31.4 Å². The molecule has 2 aliphatic rings. The van der Waals surface area contributed by atoms with Crippen LogP contribution < -0.4 is 10.6 Å². The van der Waals surface area contributed by atoms with Crippen molar-refractivity contribution in [1.82, 2.24) is 4.90 Å². The molecule has 1 heterocycles. The molecule has 1 aromatic rings. The van der Waals surface area contributed by atoms with Crippen molar-refractivity contribution < 1.29 is 4.79 Å². The summed E-state index contributed by atoms with van der Waals surface area (Å²) in [5.74, 6) is 0.176. The average molecular weight is 360 g/mol. The summed E-state index contributed by atoms with van der Waals surface area (Å²) in [7, 11) is 0. The third kappa shape index (κ3) is 4.52. The van der Waals surface area contributed by atoms with E-state index in [-0.39, 0.29) is 30.7 Å². The standard InChI is InChI=1S/C17H25N3O.2ClH/c18-17(9-4-5-10-17)16(21)20-12-6-11-19(13-14-20)15-7-2-1-3-8-15;;/h1-3,7-8H,4-6,9-14,18H2;2*1H. The SMILES string of the molecule is Cl.Cl.NC1(C(=O)N2CCCN(c3ccccc3)CC2)CCCC1. The van der Waals surface area contributed by atoms with Crippen LogP contribution in [0.1, 0.15) is 32.1 Å². The molecule has 1 saturated heterocycles. The first kappa shape index (κ1) is 20.1. The van der Waals surface area contributed by atoms with Gasteiger partial charge in [-0.25, -0.2) is 0 Å². The van der Waals surface area contributed by atoms with Crippen molar-refractivity contribution in [2.24, 2.45) is 5.73 Å². The molecule has 1 saturated carbocycles. The van der Waals surface area contributed by atoms with Crippen LogP contribution in [0, 0.1) is 0 Å². The van der Waals surface area contributed by atoms with Crippen molar-refractivity contribution in [3.8, 4) is 0 Å². The van der Waals surface area contributed by atoms with Crippen molar-refractivity contribution >= 4 is 36.4 Å². The van der Waals surface area contributed by atoms with E-state index in [0.29, 0.717) is 0 Å². The number of para-hydroxylation sites is 1. The minimum Gasteiger partial charge on any atom is -0.370 e. The molecule has 0 unspecified atom stereocenters. The number of halogens is 2. The lowest BCUT2D eigenvalue weighted by Crippen LogP contribution is -2.54. The van der Waals surface area contributed by atoms with Gasteiger partial charge >= 0.3 is 0 Å². The van der Waals surface area contributed by atoms with E-state index in [1.807, 2.05) is 11.0 Å². The molecule has 3 rings (SSSR count). The molecule has 2 N–H and O–H groups in total. The van der Waals surface area contributed by atoms with Gasteiger partial charge in [-0.2, -0.15) is 0 Å². The highest BCUT2D eigenvalue weighted by atomic mass is 35.5. The first-order chi connectivity index (χ1) is 10.2. The molecule has 0 radical (unpaired) electrons. The number of rotatable bonds is 2. The molecular weight excluding hydrogens is 333 g/mol. The number of hydrogen-bond acceptors (Lipinski definition) is 3. The van der Waals surface area contributed by atoms with Crippen LogP contribution in [0.4, 0.5) is 5.69 Å². The number of anilines is 1. The molecule has 4 nitrogen and oxygen atoms in total. The Bertz CT molecular complexity index is 492. The van der Waals surface area contributed by atoms with Crippen molar-refractivity contribution in [3.63, 3.8) is 0 Å². The van der Waals surface area contributed by atoms with Crippen LogP contribution in [0.5, 0.6) is 0 Å². The molecule has 23 heavy (non-hydrogen) atoms. The third-order valence-electron chi connectivity index (χ3n) is 4.83. The number of hydrogen-bond donors (Lipinski definition) is 1. The van der Waals surface area contributed by atoms with Gasteiger partial charge in [0.25, 0.3) is 0 Å². The summed E-state index contributed by atoms with van der Waals surface area (Å²) in [4.78, 5) is 17.1. The van der Waals surface area contributed by atoms with Crippen LogP contribution in [0.15, 0.2) is 30.3 Å². The smallest absolute Gasteiger partial charge is 0.242 e. The number of carbonyl (C=O) groups is 1. The molecule has 1 amide bonds. The fourth-order valence-corrected chi connectivity index (χ4v) is 3.55. The molecule has 2 fully saturated rings. The summed E-state index contributed by atoms with van der Waals surface area (Å²) < 4.78 is 0. The Morgan fingerprint density at radius 2 is 1.57 bits per heavy atom. The van der Waals surface area contributed by atoms with Crippen molar-refractivity contribution in [2.75, 3.05) is 31.1 Å². The Labute approximate surface area is 151 Å². The molecule has 0 spiro atoms. The topological polar surface area (TPSA) is 49.6 Å². The van der Waals surface area contributed by atoms with E-state index in [2.05, 4.69) is 29.2 Å². The Hall–Kier alpha value is -0.970. The molecule has 6 heteroatoms. The summed E-state index contributed by atoms with van der Waals surface area (Å²) in [6.07, 6.45) is 4.89. The zero-order valence-electron chi connectivity index (χ0n) is 13.4. The van der Waals surface area contributed by atoms with E-state index in [1.165, 1.54) is 5.69 Å². The minimum absolute atomic E-state index is 0. The summed E-state index contributed by atoms with van der Waals surface area (Å²) in [6, 6.07) is 10.4. The van der Waals surface area contributed by atoms with Crippen LogP contribution in [-0.2, 0) is 4.79 Å². The lowest BCUT2D eigenvalue weighted by atomic mass is 9.97. The minimum atomic E-state index is -0.581. The van der Waals surface area contributed by atoms with Crippen molar-refractivity contribution in [3.05, 3.63) is 30.3 Å². The van der Waals surface area contributed by atoms with Gasteiger partial charge in [0.1, 0.15) is 0 Å². The highest BCUT2D eigenvalue weighted by Crippen LogP contribution is 2.29. The van der Waals surface area contributed by atoms with Gasteiger partial charge in [-0.3, -0.25) is 4.79 Å². The van der Waals surface area contributed by atoms with Gasteiger partial charge in [0.05, 0.1) is 5.54 Å². The number of benzene rings is 1. The fraction of sp³-hybridized carbons (Fsp3) is 0.588. The summed E-state index contributed by atoms with van der Waals surface area (Å²) in [5.41, 5.74) is 6.99. The molecule has 1 aliphatic heterocycles. The Morgan fingerprint density at radius 3 is 2.22 bits per heavy atom. The zero-order valence-corrected chi connectivity index (χ0v) is 15.1. The van der Waals surface area contributed by atoms with Gasteiger partial charge in [0, 0.05) is 31.9 Å². The summed E-state index contributed by atoms with van der Waals surface area (Å²) in [5, 5.41) is 0. The van der Waals surface area contributed by atoms with Gasteiger partial charge in [0.2, 0.25) is 5.91 Å². The van der Waals surface area contributed by atoms with E-state index in [1.54, 1.807) is 0 Å². The third-order valence-corrected chi connectivity index (χ3v) is 4.83. The molecule has 130 valence electrons. The zero-order chi connectivity index (χ0) is 14.7. The maximum absolute atomic E-state index is 12.7. The van der Waals surface area contributed by atoms with Crippen molar-refractivity contribution in [1.29, 1.82) is 0 Å². The largest absolute Gasteiger partial charge is 0.370 e. The second-order valence-electron chi connectivity index (χ2n) is 6.33. The molecule has 0 bridgehead atoms. The van der Waals surface area contributed by atoms with Crippen LogP contribution in [0.2, 0.25) is 0 Å². The summed E-state index contributed by atoms with van der Waals surface area (Å²) >= 11 is 0. The molecular formula is C17H27Cl2N3O. The molecule has 1 aromatic carbocycles. The number of nitrogens with two attached hydrogens (primary N) is 1. The molecule has 0 aromatic heterocycles. The highest BCUT2D eigenvalue weighted by molar-refractivity contribution is 5.86. The summed E-state index contributed by atoms with van der Waals surface area (Å²) in [6.45, 7) is 3.52. The first-order valence-electron chi connectivity index (χ1n) is 8.07. The normalized spacial score (nSPS) is 20.2. The van der Waals surface area contributed by atoms with Crippen molar-refractivity contribution in [2.45, 2.75) is 37.6 Å². The number of nitrogens with zero attached hydrogens (tertiary/aromatic N) is 2. The maximum Gasteiger partial charge on any atom is 0.242 e. The van der Waals surface area contributed by atoms with E-state index in [0.717, 1.165) is 58.3 Å². The predicted octanol–water partition coefficient (Wildman–Crippen LogP) is 2.84. The van der Waals surface area contributed by atoms with Gasteiger partial charge < -0.3 is 15.5 Å². The monoisotopic (exact) mass is 359 g/mol. The fourth-order valence-electron chi connectivity index (χ4n) is 3.55. The van der Waals surface area contributed by atoms with E-state index < -0.39 is 5.54 Å². The average Bonchev–Trinajstić information content (AvgIpc) is 2.83. The first-order valence-corrected chi connectivity index (χ1v) is 8.07. The van der Waals surface area contributed by atoms with Gasteiger partial charge in [-0.1, -0.05) is 31.0 Å². The van der Waals surface area contributed by atoms with Crippen LogP contribution in [-0.4, -0.2) is 42.5 Å². The van der Waals surface area contributed by atoms with E-state index in [4.69, 9.17) is 5.73 Å². The number of amides is 1. The van der Waals surface area contributed by atoms with E-state index >= 15 is 0 Å². The van der Waals surface area contributed by atoms with Gasteiger partial charge in [0.15, 0.2) is 0 Å². The number of carbonyl (C=O) groups excluding carboxylic acids is 1. The van der Waals surface area contributed by atoms with Crippen LogP contribution in [0.25, 0.3) is 0 Å². The molecule has 0 atom stereocenters. The van der Waals surface area contributed by atoms with Crippen LogP contribution in [0.3, 0.4) is 0 Å². The quantitative estimate of drug-likeness (QED) is 0.882. The van der Waals surface area contributed by atoms with Crippen LogP contribution >= 0.6 is 24.8 Å². The molecule has 1 aliphatic carbocycles. The Kier molecular flexibility index (Phi) is 7.65. The highest BCUT2D eigenvalue weighted by Gasteiger charge is 2.40. The predicted molar refractivity (Wildman–Crippen MR) is 99.7 cm³/mol. The second kappa shape index (κ2) is 8.76. The van der Waals surface area contributed by atoms with Gasteiger partial charge in [-0.15, -0.1) is 24.8 Å². The lowest BCUT2D eigenvalue weighted by molar-refractivity contribution is -0.136. The maximum atomic E-state index is 12.7. The van der Waals surface area contributed by atoms with E-state index in [9.17, 15) is 4.79 Å². The second-order valence-corrected chi connectivity index (χ2v) is 6.33. The Morgan fingerprint density at radius 1 is 0.913 bits per heavy atom. The Balaban J connectivity index is 0.00000132.